The molecule has 106 valence electrons. The van der Waals surface area contributed by atoms with Crippen LogP contribution < -0.4 is 4.74 Å². The van der Waals surface area contributed by atoms with Gasteiger partial charge in [0.1, 0.15) is 17.5 Å². The SMILES string of the molecule is CCC(C)(C(O)c1ncccc1OC)N1CCCC1. The van der Waals surface area contributed by atoms with Gasteiger partial charge in [0.25, 0.3) is 0 Å². The number of pyridine rings is 1. The molecule has 0 radical (unpaired) electrons. The van der Waals surface area contributed by atoms with Gasteiger partial charge >= 0.3 is 0 Å². The van der Waals surface area contributed by atoms with Crippen molar-refractivity contribution in [1.82, 2.24) is 9.88 Å². The molecule has 0 aliphatic carbocycles. The van der Waals surface area contributed by atoms with Crippen LogP contribution in [0.15, 0.2) is 18.3 Å². The van der Waals surface area contributed by atoms with Crippen molar-refractivity contribution in [3.8, 4) is 5.75 Å². The van der Waals surface area contributed by atoms with Crippen molar-refractivity contribution in [3.05, 3.63) is 24.0 Å². The molecule has 2 unspecified atom stereocenters. The number of hydrogen-bond donors (Lipinski definition) is 1. The third-order valence-corrected chi connectivity index (χ3v) is 4.41. The van der Waals surface area contributed by atoms with Crippen molar-refractivity contribution in [2.75, 3.05) is 20.2 Å². The van der Waals surface area contributed by atoms with E-state index in [-0.39, 0.29) is 5.54 Å². The van der Waals surface area contributed by atoms with Crippen LogP contribution in [0.25, 0.3) is 0 Å². The standard InChI is InChI=1S/C15H24N2O2/c1-4-15(2,17-10-5-6-11-17)14(18)13-12(19-3)8-7-9-16-13/h7-9,14,18H,4-6,10-11H2,1-3H3. The van der Waals surface area contributed by atoms with E-state index in [2.05, 4.69) is 23.7 Å². The van der Waals surface area contributed by atoms with Crippen molar-refractivity contribution >= 4 is 0 Å². The van der Waals surface area contributed by atoms with Gasteiger partial charge in [0.05, 0.1) is 7.11 Å². The van der Waals surface area contributed by atoms with Crippen LogP contribution in [0.3, 0.4) is 0 Å². The largest absolute Gasteiger partial charge is 0.495 e. The lowest BCUT2D eigenvalue weighted by molar-refractivity contribution is -0.0175. The van der Waals surface area contributed by atoms with Crippen LogP contribution in [-0.2, 0) is 0 Å². The van der Waals surface area contributed by atoms with Crippen molar-refractivity contribution in [2.24, 2.45) is 0 Å². The lowest BCUT2D eigenvalue weighted by Gasteiger charge is -2.41. The molecule has 19 heavy (non-hydrogen) atoms. The van der Waals surface area contributed by atoms with Crippen LogP contribution in [0, 0.1) is 0 Å². The molecule has 2 heterocycles. The Bertz CT molecular complexity index is 418. The Morgan fingerprint density at radius 1 is 1.47 bits per heavy atom. The fraction of sp³-hybridized carbons (Fsp3) is 0.667. The molecule has 2 atom stereocenters. The van der Waals surface area contributed by atoms with Crippen molar-refractivity contribution < 1.29 is 9.84 Å². The van der Waals surface area contributed by atoms with Crippen LogP contribution in [0.1, 0.15) is 44.9 Å². The number of aliphatic hydroxyl groups excluding tert-OH is 1. The summed E-state index contributed by atoms with van der Waals surface area (Å²) >= 11 is 0. The molecule has 0 spiro atoms. The highest BCUT2D eigenvalue weighted by atomic mass is 16.5. The predicted molar refractivity (Wildman–Crippen MR) is 75.3 cm³/mol. The highest BCUT2D eigenvalue weighted by Crippen LogP contribution is 2.38. The van der Waals surface area contributed by atoms with Crippen LogP contribution >= 0.6 is 0 Å². The summed E-state index contributed by atoms with van der Waals surface area (Å²) in [6, 6.07) is 3.68. The lowest BCUT2D eigenvalue weighted by Crippen LogP contribution is -2.49. The lowest BCUT2D eigenvalue weighted by atomic mass is 9.87. The van der Waals surface area contributed by atoms with Crippen LogP contribution in [0.2, 0.25) is 0 Å². The first-order valence-corrected chi connectivity index (χ1v) is 7.05. The number of aliphatic hydroxyl groups is 1. The minimum atomic E-state index is -0.633. The Morgan fingerprint density at radius 2 is 2.16 bits per heavy atom. The van der Waals surface area contributed by atoms with E-state index in [4.69, 9.17) is 4.74 Å². The van der Waals surface area contributed by atoms with E-state index in [0.29, 0.717) is 11.4 Å². The first kappa shape index (κ1) is 14.3. The van der Waals surface area contributed by atoms with Gasteiger partial charge in [-0.15, -0.1) is 0 Å². The molecule has 0 aromatic carbocycles. The molecule has 1 N–H and O–H groups in total. The van der Waals surface area contributed by atoms with Gasteiger partial charge in [-0.2, -0.15) is 0 Å². The molecular formula is C15H24N2O2. The maximum absolute atomic E-state index is 10.8. The molecule has 0 bridgehead atoms. The highest BCUT2D eigenvalue weighted by Gasteiger charge is 2.41. The summed E-state index contributed by atoms with van der Waals surface area (Å²) in [5, 5.41) is 10.8. The molecule has 0 amide bonds. The second-order valence-corrected chi connectivity index (χ2v) is 5.40. The number of ether oxygens (including phenoxy) is 1. The summed E-state index contributed by atoms with van der Waals surface area (Å²) in [5.41, 5.74) is 0.360. The molecule has 1 fully saturated rings. The Balaban J connectivity index is 2.31. The summed E-state index contributed by atoms with van der Waals surface area (Å²) in [7, 11) is 1.62. The molecule has 1 aliphatic heterocycles. The first-order chi connectivity index (χ1) is 9.13. The van der Waals surface area contributed by atoms with Gasteiger partial charge in [0.15, 0.2) is 0 Å². The van der Waals surface area contributed by atoms with Crippen molar-refractivity contribution in [3.63, 3.8) is 0 Å². The number of methoxy groups -OCH3 is 1. The maximum Gasteiger partial charge on any atom is 0.143 e. The molecule has 4 nitrogen and oxygen atoms in total. The second kappa shape index (κ2) is 5.88. The summed E-state index contributed by atoms with van der Waals surface area (Å²) in [6.45, 7) is 6.35. The molecule has 4 heteroatoms. The monoisotopic (exact) mass is 264 g/mol. The molecule has 2 rings (SSSR count). The van der Waals surface area contributed by atoms with Gasteiger partial charge in [-0.3, -0.25) is 9.88 Å². The zero-order valence-electron chi connectivity index (χ0n) is 12.1. The summed E-state index contributed by atoms with van der Waals surface area (Å²) < 4.78 is 5.33. The van der Waals surface area contributed by atoms with Gasteiger partial charge in [-0.1, -0.05) is 6.92 Å². The van der Waals surface area contributed by atoms with Gasteiger partial charge in [0, 0.05) is 11.7 Å². The van der Waals surface area contributed by atoms with Gasteiger partial charge in [0.2, 0.25) is 0 Å². The topological polar surface area (TPSA) is 45.6 Å². The fourth-order valence-electron chi connectivity index (χ4n) is 2.89. The average Bonchev–Trinajstić information content (AvgIpc) is 3.00. The molecular weight excluding hydrogens is 240 g/mol. The van der Waals surface area contributed by atoms with E-state index >= 15 is 0 Å². The van der Waals surface area contributed by atoms with Crippen LogP contribution in [0.5, 0.6) is 5.75 Å². The number of hydrogen-bond acceptors (Lipinski definition) is 4. The van der Waals surface area contributed by atoms with E-state index in [0.717, 1.165) is 19.5 Å². The number of nitrogens with zero attached hydrogens (tertiary/aromatic N) is 2. The quantitative estimate of drug-likeness (QED) is 0.887. The predicted octanol–water partition coefficient (Wildman–Crippen LogP) is 2.39. The zero-order chi connectivity index (χ0) is 13.9. The summed E-state index contributed by atoms with van der Waals surface area (Å²) in [6.07, 6.45) is 4.38. The van der Waals surface area contributed by atoms with Gasteiger partial charge < -0.3 is 9.84 Å². The average molecular weight is 264 g/mol. The van der Waals surface area contributed by atoms with Crippen LogP contribution in [0.4, 0.5) is 0 Å². The van der Waals surface area contributed by atoms with Gasteiger partial charge in [-0.05, 0) is 51.4 Å². The summed E-state index contributed by atoms with van der Waals surface area (Å²) in [5.74, 6) is 0.661. The Morgan fingerprint density at radius 3 is 2.74 bits per heavy atom. The molecule has 1 aromatic heterocycles. The normalized spacial score (nSPS) is 21.1. The third kappa shape index (κ3) is 2.60. The Labute approximate surface area is 115 Å². The minimum Gasteiger partial charge on any atom is -0.495 e. The number of aromatic nitrogens is 1. The molecule has 1 saturated heterocycles. The minimum absolute atomic E-state index is 0.280. The molecule has 1 aliphatic rings. The van der Waals surface area contributed by atoms with E-state index in [1.807, 2.05) is 12.1 Å². The molecule has 0 saturated carbocycles. The van der Waals surface area contributed by atoms with Crippen molar-refractivity contribution in [2.45, 2.75) is 44.8 Å². The maximum atomic E-state index is 10.8. The van der Waals surface area contributed by atoms with E-state index in [1.54, 1.807) is 13.3 Å². The fourth-order valence-corrected chi connectivity index (χ4v) is 2.89. The smallest absolute Gasteiger partial charge is 0.143 e. The Kier molecular flexibility index (Phi) is 4.42. The van der Waals surface area contributed by atoms with E-state index in [1.165, 1.54) is 12.8 Å². The van der Waals surface area contributed by atoms with Crippen LogP contribution in [-0.4, -0.2) is 40.7 Å². The van der Waals surface area contributed by atoms with Gasteiger partial charge in [-0.25, -0.2) is 0 Å². The first-order valence-electron chi connectivity index (χ1n) is 7.05. The Hall–Kier alpha value is -1.13. The third-order valence-electron chi connectivity index (χ3n) is 4.41. The van der Waals surface area contributed by atoms with E-state index < -0.39 is 6.10 Å². The number of likely N-dealkylation sites (tertiary alicyclic amines) is 1. The summed E-state index contributed by atoms with van der Waals surface area (Å²) in [4.78, 5) is 6.71. The number of rotatable bonds is 5. The van der Waals surface area contributed by atoms with E-state index in [9.17, 15) is 5.11 Å². The highest BCUT2D eigenvalue weighted by molar-refractivity contribution is 5.30. The van der Waals surface area contributed by atoms with Crippen molar-refractivity contribution in [1.29, 1.82) is 0 Å². The zero-order valence-corrected chi connectivity index (χ0v) is 12.1. The molecule has 1 aromatic rings. The second-order valence-electron chi connectivity index (χ2n) is 5.40.